The number of aryl methyl sites for hydroxylation is 1. The van der Waals surface area contributed by atoms with Crippen molar-refractivity contribution < 1.29 is 9.53 Å². The van der Waals surface area contributed by atoms with E-state index < -0.39 is 0 Å². The first-order valence-electron chi connectivity index (χ1n) is 6.92. The highest BCUT2D eigenvalue weighted by Gasteiger charge is 2.32. The number of benzene rings is 1. The average molecular weight is 271 g/mol. The summed E-state index contributed by atoms with van der Waals surface area (Å²) in [7, 11) is 0. The van der Waals surface area contributed by atoms with Crippen LogP contribution in [0.1, 0.15) is 22.8 Å². The zero-order chi connectivity index (χ0) is 14.5. The molecule has 106 valence electrons. The van der Waals surface area contributed by atoms with Gasteiger partial charge in [0.2, 0.25) is 0 Å². The number of hydrogen-bond donors (Lipinski definition) is 0. The fraction of sp³-hybridized carbons (Fsp3) is 0.353. The molecular formula is C17H21NO2. The maximum absolute atomic E-state index is 12.7. The molecule has 3 heteroatoms. The van der Waals surface area contributed by atoms with Crippen molar-refractivity contribution in [2.24, 2.45) is 0 Å². The zero-order valence-corrected chi connectivity index (χ0v) is 12.1. The summed E-state index contributed by atoms with van der Waals surface area (Å²) in [5.74, 6) is 0.0383. The number of amides is 1. The van der Waals surface area contributed by atoms with Gasteiger partial charge in [0.05, 0.1) is 18.8 Å². The molecule has 20 heavy (non-hydrogen) atoms. The van der Waals surface area contributed by atoms with Crippen LogP contribution < -0.4 is 0 Å². The van der Waals surface area contributed by atoms with Gasteiger partial charge >= 0.3 is 0 Å². The van der Waals surface area contributed by atoms with Gasteiger partial charge in [0.1, 0.15) is 0 Å². The monoisotopic (exact) mass is 271 g/mol. The van der Waals surface area contributed by atoms with Gasteiger partial charge in [-0.3, -0.25) is 4.79 Å². The van der Waals surface area contributed by atoms with Gasteiger partial charge in [0.15, 0.2) is 0 Å². The predicted octanol–water partition coefficient (Wildman–Crippen LogP) is 2.97. The van der Waals surface area contributed by atoms with Crippen LogP contribution in [-0.2, 0) is 4.74 Å². The van der Waals surface area contributed by atoms with Crippen molar-refractivity contribution >= 4 is 5.91 Å². The molecular weight excluding hydrogens is 250 g/mol. The fourth-order valence-corrected chi connectivity index (χ4v) is 2.51. The summed E-state index contributed by atoms with van der Waals surface area (Å²) in [5, 5.41) is 0. The predicted molar refractivity (Wildman–Crippen MR) is 80.8 cm³/mol. The molecule has 0 radical (unpaired) electrons. The molecule has 2 rings (SSSR count). The molecule has 1 amide bonds. The van der Waals surface area contributed by atoms with Crippen molar-refractivity contribution in [1.29, 1.82) is 0 Å². The van der Waals surface area contributed by atoms with Crippen molar-refractivity contribution in [3.8, 4) is 0 Å². The van der Waals surface area contributed by atoms with Crippen molar-refractivity contribution in [2.45, 2.75) is 26.0 Å². The molecule has 0 aromatic heterocycles. The number of rotatable bonds is 3. The highest BCUT2D eigenvalue weighted by molar-refractivity contribution is 5.94. The van der Waals surface area contributed by atoms with E-state index in [9.17, 15) is 4.79 Å². The number of carbonyl (C=O) groups excluding carboxylic acids is 1. The summed E-state index contributed by atoms with van der Waals surface area (Å²) in [6, 6.07) is 7.56. The molecule has 1 aliphatic heterocycles. The standard InChI is InChI=1S/C17H21NO2/c1-4-7-16-15(5-2)18(10-11-20-16)17(19)14-9-6-8-13(3)12-14/h4-9,12,15-16H,2,10-11H2,1,3H3/b7-4-. The Labute approximate surface area is 120 Å². The van der Waals surface area contributed by atoms with E-state index in [4.69, 9.17) is 4.74 Å². The largest absolute Gasteiger partial charge is 0.370 e. The fourth-order valence-electron chi connectivity index (χ4n) is 2.51. The second-order valence-corrected chi connectivity index (χ2v) is 4.96. The van der Waals surface area contributed by atoms with E-state index in [1.54, 1.807) is 6.08 Å². The molecule has 1 aromatic carbocycles. The second kappa shape index (κ2) is 6.53. The minimum absolute atomic E-state index is 0.0383. The average Bonchev–Trinajstić information content (AvgIpc) is 2.46. The van der Waals surface area contributed by atoms with Crippen LogP contribution in [0.25, 0.3) is 0 Å². The highest BCUT2D eigenvalue weighted by atomic mass is 16.5. The van der Waals surface area contributed by atoms with E-state index in [2.05, 4.69) is 6.58 Å². The Morgan fingerprint density at radius 1 is 1.50 bits per heavy atom. The van der Waals surface area contributed by atoms with Gasteiger partial charge in [-0.15, -0.1) is 6.58 Å². The summed E-state index contributed by atoms with van der Waals surface area (Å²) in [6.45, 7) is 8.94. The van der Waals surface area contributed by atoms with Crippen LogP contribution in [0.4, 0.5) is 0 Å². The molecule has 1 aliphatic rings. The first-order valence-corrected chi connectivity index (χ1v) is 6.92. The van der Waals surface area contributed by atoms with Crippen LogP contribution >= 0.6 is 0 Å². The van der Waals surface area contributed by atoms with Gasteiger partial charge in [-0.1, -0.05) is 35.9 Å². The summed E-state index contributed by atoms with van der Waals surface area (Å²) < 4.78 is 5.71. The summed E-state index contributed by atoms with van der Waals surface area (Å²) >= 11 is 0. The van der Waals surface area contributed by atoms with Crippen molar-refractivity contribution in [3.63, 3.8) is 0 Å². The highest BCUT2D eigenvalue weighted by Crippen LogP contribution is 2.19. The van der Waals surface area contributed by atoms with Crippen LogP contribution in [0.5, 0.6) is 0 Å². The molecule has 1 aromatic rings. The van der Waals surface area contributed by atoms with E-state index in [0.29, 0.717) is 13.2 Å². The molecule has 0 bridgehead atoms. The summed E-state index contributed by atoms with van der Waals surface area (Å²) in [6.07, 6.45) is 5.60. The molecule has 1 heterocycles. The Bertz CT molecular complexity index is 521. The Kier molecular flexibility index (Phi) is 4.74. The molecule has 0 spiro atoms. The summed E-state index contributed by atoms with van der Waals surface area (Å²) in [5.41, 5.74) is 1.81. The van der Waals surface area contributed by atoms with Gasteiger partial charge in [-0.05, 0) is 26.0 Å². The number of nitrogens with zero attached hydrogens (tertiary/aromatic N) is 1. The van der Waals surface area contributed by atoms with Crippen LogP contribution in [0, 0.1) is 6.92 Å². The van der Waals surface area contributed by atoms with E-state index in [0.717, 1.165) is 11.1 Å². The van der Waals surface area contributed by atoms with Gasteiger partial charge in [-0.2, -0.15) is 0 Å². The van der Waals surface area contributed by atoms with E-state index in [-0.39, 0.29) is 18.1 Å². The number of carbonyl (C=O) groups is 1. The van der Waals surface area contributed by atoms with Crippen LogP contribution in [0.15, 0.2) is 49.1 Å². The Morgan fingerprint density at radius 2 is 2.30 bits per heavy atom. The van der Waals surface area contributed by atoms with Gasteiger partial charge in [0.25, 0.3) is 5.91 Å². The van der Waals surface area contributed by atoms with Crippen molar-refractivity contribution in [2.75, 3.05) is 13.2 Å². The van der Waals surface area contributed by atoms with Crippen molar-refractivity contribution in [1.82, 2.24) is 4.90 Å². The first-order chi connectivity index (χ1) is 9.67. The van der Waals surface area contributed by atoms with E-state index in [1.807, 2.05) is 55.2 Å². The lowest BCUT2D eigenvalue weighted by Crippen LogP contribution is -2.52. The Hall–Kier alpha value is -1.87. The zero-order valence-electron chi connectivity index (χ0n) is 12.1. The normalized spacial score (nSPS) is 23.0. The van der Waals surface area contributed by atoms with Gasteiger partial charge in [0, 0.05) is 12.1 Å². The molecule has 1 fully saturated rings. The van der Waals surface area contributed by atoms with E-state index >= 15 is 0 Å². The van der Waals surface area contributed by atoms with Crippen molar-refractivity contribution in [3.05, 3.63) is 60.2 Å². The molecule has 2 unspecified atom stereocenters. The first kappa shape index (κ1) is 14.5. The molecule has 0 N–H and O–H groups in total. The lowest BCUT2D eigenvalue weighted by molar-refractivity contribution is -0.0220. The number of hydrogen-bond acceptors (Lipinski definition) is 2. The van der Waals surface area contributed by atoms with Gasteiger partial charge in [-0.25, -0.2) is 0 Å². The second-order valence-electron chi connectivity index (χ2n) is 4.96. The van der Waals surface area contributed by atoms with Crippen LogP contribution in [-0.4, -0.2) is 36.1 Å². The van der Waals surface area contributed by atoms with Crippen LogP contribution in [0.3, 0.4) is 0 Å². The van der Waals surface area contributed by atoms with E-state index in [1.165, 1.54) is 0 Å². The van der Waals surface area contributed by atoms with Gasteiger partial charge < -0.3 is 9.64 Å². The quantitative estimate of drug-likeness (QED) is 0.791. The maximum atomic E-state index is 12.7. The molecule has 1 saturated heterocycles. The third-order valence-electron chi connectivity index (χ3n) is 3.49. The number of morpholine rings is 1. The lowest BCUT2D eigenvalue weighted by Gasteiger charge is -2.38. The molecule has 0 aliphatic carbocycles. The Morgan fingerprint density at radius 3 is 2.95 bits per heavy atom. The minimum Gasteiger partial charge on any atom is -0.370 e. The Balaban J connectivity index is 2.25. The van der Waals surface area contributed by atoms with Crippen LogP contribution in [0.2, 0.25) is 0 Å². The number of allylic oxidation sites excluding steroid dienone is 1. The topological polar surface area (TPSA) is 29.5 Å². The maximum Gasteiger partial charge on any atom is 0.254 e. The number of ether oxygens (including phenoxy) is 1. The SMILES string of the molecule is C=CC1C(/C=C\C)OCCN1C(=O)c1cccc(C)c1. The smallest absolute Gasteiger partial charge is 0.254 e. The third kappa shape index (κ3) is 2.99. The minimum atomic E-state index is -0.118. The summed E-state index contributed by atoms with van der Waals surface area (Å²) in [4.78, 5) is 14.5. The molecule has 0 saturated carbocycles. The molecule has 3 nitrogen and oxygen atoms in total. The third-order valence-corrected chi connectivity index (χ3v) is 3.49. The lowest BCUT2D eigenvalue weighted by atomic mass is 10.0. The molecule has 2 atom stereocenters.